The average molecular weight is 260 g/mol. The first-order chi connectivity index (χ1) is 8.20. The minimum absolute atomic E-state index is 0.0394. The van der Waals surface area contributed by atoms with Gasteiger partial charge in [-0.05, 0) is 12.8 Å². The van der Waals surface area contributed by atoms with E-state index in [2.05, 4.69) is 9.97 Å². The summed E-state index contributed by atoms with van der Waals surface area (Å²) >= 11 is 5.80. The Morgan fingerprint density at radius 1 is 1.53 bits per heavy atom. The molecule has 0 aromatic carbocycles. The summed E-state index contributed by atoms with van der Waals surface area (Å²) in [5.74, 6) is 0.697. The van der Waals surface area contributed by atoms with Crippen LogP contribution in [0.3, 0.4) is 0 Å². The van der Waals surface area contributed by atoms with E-state index in [1.807, 2.05) is 4.90 Å². The van der Waals surface area contributed by atoms with Gasteiger partial charge in [0.15, 0.2) is 0 Å². The smallest absolute Gasteiger partial charge is 0.134 e. The van der Waals surface area contributed by atoms with Gasteiger partial charge in [-0.3, -0.25) is 4.39 Å². The molecule has 0 saturated carbocycles. The maximum Gasteiger partial charge on any atom is 0.134 e. The van der Waals surface area contributed by atoms with E-state index in [9.17, 15) is 9.50 Å². The fourth-order valence-electron chi connectivity index (χ4n) is 2.15. The van der Waals surface area contributed by atoms with Crippen molar-refractivity contribution >= 4 is 17.4 Å². The number of nitrogens with zero attached hydrogens (tertiary/aromatic N) is 3. The largest absolute Gasteiger partial charge is 0.393 e. The average Bonchev–Trinajstić information content (AvgIpc) is 2.32. The molecule has 1 saturated heterocycles. The van der Waals surface area contributed by atoms with Gasteiger partial charge in [0.1, 0.15) is 17.3 Å². The van der Waals surface area contributed by atoms with Gasteiger partial charge >= 0.3 is 0 Å². The van der Waals surface area contributed by atoms with Crippen molar-refractivity contribution in [3.63, 3.8) is 0 Å². The molecule has 17 heavy (non-hydrogen) atoms. The predicted molar refractivity (Wildman–Crippen MR) is 64.0 cm³/mol. The monoisotopic (exact) mass is 259 g/mol. The third-order valence-corrected chi connectivity index (χ3v) is 3.32. The molecule has 94 valence electrons. The molecular formula is C11H15ClFN3O. The van der Waals surface area contributed by atoms with Gasteiger partial charge in [-0.25, -0.2) is 9.97 Å². The van der Waals surface area contributed by atoms with E-state index in [0.29, 0.717) is 31.1 Å². The normalized spacial score (nSPS) is 25.0. The van der Waals surface area contributed by atoms with Crippen LogP contribution in [0.2, 0.25) is 5.15 Å². The van der Waals surface area contributed by atoms with Crippen LogP contribution in [0.5, 0.6) is 0 Å². The van der Waals surface area contributed by atoms with Crippen molar-refractivity contribution in [2.24, 2.45) is 5.92 Å². The van der Waals surface area contributed by atoms with Crippen molar-refractivity contribution in [3.05, 3.63) is 17.5 Å². The number of alkyl halides is 1. The molecule has 6 heteroatoms. The summed E-state index contributed by atoms with van der Waals surface area (Å²) < 4.78 is 12.4. The van der Waals surface area contributed by atoms with Gasteiger partial charge in [0, 0.05) is 25.1 Å². The molecule has 1 aliphatic rings. The second kappa shape index (κ2) is 5.60. The number of aromatic nitrogens is 2. The van der Waals surface area contributed by atoms with Crippen LogP contribution >= 0.6 is 11.6 Å². The van der Waals surface area contributed by atoms with E-state index in [0.717, 1.165) is 5.82 Å². The van der Waals surface area contributed by atoms with Crippen LogP contribution in [0.1, 0.15) is 12.8 Å². The van der Waals surface area contributed by atoms with Crippen molar-refractivity contribution in [1.82, 2.24) is 9.97 Å². The highest BCUT2D eigenvalue weighted by molar-refractivity contribution is 6.29. The quantitative estimate of drug-likeness (QED) is 0.839. The van der Waals surface area contributed by atoms with Crippen molar-refractivity contribution in [3.8, 4) is 0 Å². The molecule has 0 unspecified atom stereocenters. The molecule has 1 N–H and O–H groups in total. The molecule has 1 aromatic rings. The van der Waals surface area contributed by atoms with Crippen LogP contribution in [0.4, 0.5) is 10.2 Å². The summed E-state index contributed by atoms with van der Waals surface area (Å²) in [7, 11) is 0. The van der Waals surface area contributed by atoms with Gasteiger partial charge in [0.05, 0.1) is 12.8 Å². The van der Waals surface area contributed by atoms with Gasteiger partial charge in [0.2, 0.25) is 0 Å². The van der Waals surface area contributed by atoms with Crippen molar-refractivity contribution in [2.75, 3.05) is 24.7 Å². The fraction of sp³-hybridized carbons (Fsp3) is 0.636. The number of halogens is 2. The van der Waals surface area contributed by atoms with E-state index in [4.69, 9.17) is 11.6 Å². The number of hydrogen-bond donors (Lipinski definition) is 1. The zero-order chi connectivity index (χ0) is 12.3. The summed E-state index contributed by atoms with van der Waals surface area (Å²) in [5, 5.41) is 10.2. The maximum atomic E-state index is 12.4. The van der Waals surface area contributed by atoms with Crippen molar-refractivity contribution < 1.29 is 9.50 Å². The Morgan fingerprint density at radius 3 is 3.06 bits per heavy atom. The van der Waals surface area contributed by atoms with Gasteiger partial charge in [-0.2, -0.15) is 0 Å². The first-order valence-electron chi connectivity index (χ1n) is 5.67. The summed E-state index contributed by atoms with van der Waals surface area (Å²) in [6.07, 6.45) is 2.01. The van der Waals surface area contributed by atoms with E-state index >= 15 is 0 Å². The maximum absolute atomic E-state index is 12.4. The summed E-state index contributed by atoms with van der Waals surface area (Å²) in [6, 6.07) is 1.69. The standard InChI is InChI=1S/C11H15ClFN3O/c12-10-5-11(15-7-14-10)16-4-2-9(17)8(6-16)1-3-13/h5,7-9,17H,1-4,6H2/t8-,9-/m0/s1. The number of anilines is 1. The summed E-state index contributed by atoms with van der Waals surface area (Å²) in [5.41, 5.74) is 0. The molecule has 0 bridgehead atoms. The lowest BCUT2D eigenvalue weighted by Crippen LogP contribution is -2.43. The number of aliphatic hydroxyl groups excluding tert-OH is 1. The molecule has 1 aromatic heterocycles. The molecule has 1 aliphatic heterocycles. The summed E-state index contributed by atoms with van der Waals surface area (Å²) in [6.45, 7) is 0.913. The van der Waals surface area contributed by atoms with Crippen LogP contribution < -0.4 is 4.90 Å². The molecule has 0 aliphatic carbocycles. The lowest BCUT2D eigenvalue weighted by Gasteiger charge is -2.36. The predicted octanol–water partition coefficient (Wildman–Crippen LogP) is 1.68. The van der Waals surface area contributed by atoms with E-state index < -0.39 is 12.8 Å². The number of hydrogen-bond acceptors (Lipinski definition) is 4. The Bertz CT molecular complexity index is 379. The van der Waals surface area contributed by atoms with Gasteiger partial charge in [0.25, 0.3) is 0 Å². The number of piperidine rings is 1. The molecular weight excluding hydrogens is 245 g/mol. The third-order valence-electron chi connectivity index (χ3n) is 3.12. The lowest BCUT2D eigenvalue weighted by molar-refractivity contribution is 0.0792. The van der Waals surface area contributed by atoms with Crippen LogP contribution in [0.25, 0.3) is 0 Å². The molecule has 2 rings (SSSR count). The molecule has 2 heterocycles. The van der Waals surface area contributed by atoms with Gasteiger partial charge in [-0.1, -0.05) is 11.6 Å². The van der Waals surface area contributed by atoms with E-state index in [1.54, 1.807) is 6.07 Å². The van der Waals surface area contributed by atoms with Crippen LogP contribution in [-0.2, 0) is 0 Å². The molecule has 4 nitrogen and oxygen atoms in total. The first kappa shape index (κ1) is 12.5. The molecule has 1 fully saturated rings. The Hall–Kier alpha value is -0.940. The van der Waals surface area contributed by atoms with Gasteiger partial charge in [-0.15, -0.1) is 0 Å². The number of aliphatic hydroxyl groups is 1. The van der Waals surface area contributed by atoms with Crippen molar-refractivity contribution in [2.45, 2.75) is 18.9 Å². The zero-order valence-electron chi connectivity index (χ0n) is 9.39. The molecule has 2 atom stereocenters. The summed E-state index contributed by atoms with van der Waals surface area (Å²) in [4.78, 5) is 9.98. The lowest BCUT2D eigenvalue weighted by atomic mass is 9.92. The minimum Gasteiger partial charge on any atom is -0.393 e. The fourth-order valence-corrected chi connectivity index (χ4v) is 2.29. The van der Waals surface area contributed by atoms with E-state index in [1.165, 1.54) is 6.33 Å². The number of rotatable bonds is 3. The van der Waals surface area contributed by atoms with Crippen LogP contribution in [0.15, 0.2) is 12.4 Å². The molecule has 0 radical (unpaired) electrons. The Kier molecular flexibility index (Phi) is 4.12. The second-order valence-electron chi connectivity index (χ2n) is 4.24. The van der Waals surface area contributed by atoms with Gasteiger partial charge < -0.3 is 10.0 Å². The topological polar surface area (TPSA) is 49.2 Å². The van der Waals surface area contributed by atoms with E-state index in [-0.39, 0.29) is 5.92 Å². The molecule has 0 amide bonds. The Labute approximate surface area is 104 Å². The highest BCUT2D eigenvalue weighted by Crippen LogP contribution is 2.25. The molecule has 0 spiro atoms. The first-order valence-corrected chi connectivity index (χ1v) is 6.05. The van der Waals surface area contributed by atoms with Crippen LogP contribution in [0, 0.1) is 5.92 Å². The minimum atomic E-state index is -0.417. The Balaban J connectivity index is 2.07. The van der Waals surface area contributed by atoms with Crippen molar-refractivity contribution in [1.29, 1.82) is 0 Å². The Morgan fingerprint density at radius 2 is 2.35 bits per heavy atom. The van der Waals surface area contributed by atoms with Crippen LogP contribution in [-0.4, -0.2) is 40.9 Å². The highest BCUT2D eigenvalue weighted by atomic mass is 35.5. The SMILES string of the molecule is O[C@H]1CCN(c2cc(Cl)ncn2)C[C@@H]1CCF. The zero-order valence-corrected chi connectivity index (χ0v) is 10.1. The third kappa shape index (κ3) is 3.04. The second-order valence-corrected chi connectivity index (χ2v) is 4.63. The highest BCUT2D eigenvalue weighted by Gasteiger charge is 2.28.